The van der Waals surface area contributed by atoms with Crippen LogP contribution < -0.4 is 5.32 Å². The van der Waals surface area contributed by atoms with Crippen LogP contribution in [-0.2, 0) is 9.84 Å². The molecule has 1 aromatic heterocycles. The minimum atomic E-state index is -3.36. The van der Waals surface area contributed by atoms with E-state index in [0.717, 1.165) is 18.9 Å². The van der Waals surface area contributed by atoms with Gasteiger partial charge in [-0.1, -0.05) is 12.8 Å². The second-order valence-corrected chi connectivity index (χ2v) is 9.87. The molecule has 0 unspecified atom stereocenters. The second-order valence-electron chi connectivity index (χ2n) is 7.65. The molecule has 0 spiro atoms. The number of rotatable bonds is 4. The number of amides is 1. The summed E-state index contributed by atoms with van der Waals surface area (Å²) in [5.74, 6) is -1.12. The Kier molecular flexibility index (Phi) is 5.27. The lowest BCUT2D eigenvalue weighted by Gasteiger charge is -2.12. The predicted molar refractivity (Wildman–Crippen MR) is 113 cm³/mol. The molecule has 0 radical (unpaired) electrons. The number of hydrogen-bond donors (Lipinski definition) is 1. The standard InChI is InChI=1S/C22H22FN3O3S/c1-13-14(2)25-21-19(11-15(23)12-20(21)24-13)22(27)26-16-7-9-18(10-8-16)30(28,29)17-5-3-4-6-17/h7-12,17H,3-6H2,1-2H3,(H,26,27). The third-order valence-electron chi connectivity index (χ3n) is 5.57. The smallest absolute Gasteiger partial charge is 0.258 e. The maximum atomic E-state index is 14.0. The number of anilines is 1. The van der Waals surface area contributed by atoms with Crippen molar-refractivity contribution in [2.75, 3.05) is 5.32 Å². The van der Waals surface area contributed by atoms with E-state index in [1.54, 1.807) is 26.0 Å². The van der Waals surface area contributed by atoms with Crippen LogP contribution in [0.25, 0.3) is 11.0 Å². The van der Waals surface area contributed by atoms with Gasteiger partial charge < -0.3 is 5.32 Å². The Morgan fingerprint density at radius 2 is 1.67 bits per heavy atom. The quantitative estimate of drug-likeness (QED) is 0.668. The summed E-state index contributed by atoms with van der Waals surface area (Å²) < 4.78 is 39.4. The van der Waals surface area contributed by atoms with E-state index < -0.39 is 21.6 Å². The SMILES string of the molecule is Cc1nc2cc(F)cc(C(=O)Nc3ccc(S(=O)(=O)C4CCCC4)cc3)c2nc1C. The molecule has 0 saturated heterocycles. The van der Waals surface area contributed by atoms with Gasteiger partial charge in [-0.25, -0.2) is 22.8 Å². The molecule has 0 atom stereocenters. The molecule has 156 valence electrons. The van der Waals surface area contributed by atoms with E-state index in [1.165, 1.54) is 18.2 Å². The lowest BCUT2D eigenvalue weighted by molar-refractivity contribution is 0.102. The molecule has 1 aliphatic carbocycles. The number of aromatic nitrogens is 2. The number of nitrogens with one attached hydrogen (secondary N) is 1. The Hall–Kier alpha value is -2.87. The maximum Gasteiger partial charge on any atom is 0.258 e. The first-order valence-electron chi connectivity index (χ1n) is 9.85. The van der Waals surface area contributed by atoms with Gasteiger partial charge in [0.1, 0.15) is 11.3 Å². The summed E-state index contributed by atoms with van der Waals surface area (Å²) in [4.78, 5) is 21.8. The molecule has 1 saturated carbocycles. The minimum absolute atomic E-state index is 0.0725. The molecule has 1 aliphatic rings. The third-order valence-corrected chi connectivity index (χ3v) is 7.85. The molecule has 6 nitrogen and oxygen atoms in total. The van der Waals surface area contributed by atoms with Crippen molar-refractivity contribution in [2.45, 2.75) is 49.7 Å². The Bertz CT molecular complexity index is 1230. The number of hydrogen-bond acceptors (Lipinski definition) is 5. The third kappa shape index (κ3) is 3.79. The summed E-state index contributed by atoms with van der Waals surface area (Å²) in [7, 11) is -3.36. The topological polar surface area (TPSA) is 89.0 Å². The van der Waals surface area contributed by atoms with Crippen LogP contribution >= 0.6 is 0 Å². The highest BCUT2D eigenvalue weighted by molar-refractivity contribution is 7.92. The zero-order valence-corrected chi connectivity index (χ0v) is 17.6. The fourth-order valence-electron chi connectivity index (χ4n) is 3.79. The number of fused-ring (bicyclic) bond motifs is 1. The van der Waals surface area contributed by atoms with Crippen molar-refractivity contribution in [1.82, 2.24) is 9.97 Å². The number of benzene rings is 2. The summed E-state index contributed by atoms with van der Waals surface area (Å²) in [6.45, 7) is 3.55. The summed E-state index contributed by atoms with van der Waals surface area (Å²) in [6.07, 6.45) is 3.24. The molecule has 2 aromatic carbocycles. The first kappa shape index (κ1) is 20.4. The molecule has 30 heavy (non-hydrogen) atoms. The highest BCUT2D eigenvalue weighted by Gasteiger charge is 2.30. The second kappa shape index (κ2) is 7.75. The van der Waals surface area contributed by atoms with Gasteiger partial charge in [-0.05, 0) is 57.0 Å². The number of sulfone groups is 1. The Labute approximate surface area is 174 Å². The molecule has 4 rings (SSSR count). The van der Waals surface area contributed by atoms with E-state index >= 15 is 0 Å². The van der Waals surface area contributed by atoms with E-state index in [1.807, 2.05) is 0 Å². The summed E-state index contributed by atoms with van der Waals surface area (Å²) >= 11 is 0. The van der Waals surface area contributed by atoms with Gasteiger partial charge in [0.05, 0.1) is 32.6 Å². The lowest BCUT2D eigenvalue weighted by Crippen LogP contribution is -2.18. The summed E-state index contributed by atoms with van der Waals surface area (Å²) in [5, 5.41) is 2.36. The van der Waals surface area contributed by atoms with E-state index in [0.29, 0.717) is 41.0 Å². The van der Waals surface area contributed by atoms with Crippen LogP contribution in [0.4, 0.5) is 10.1 Å². The number of carbonyl (C=O) groups is 1. The van der Waals surface area contributed by atoms with Crippen LogP contribution in [-0.4, -0.2) is 29.5 Å². The summed E-state index contributed by atoms with van der Waals surface area (Å²) in [6, 6.07) is 8.46. The molecule has 1 amide bonds. The predicted octanol–water partition coefficient (Wildman–Crippen LogP) is 4.35. The van der Waals surface area contributed by atoms with Crippen molar-refractivity contribution in [3.05, 3.63) is 59.2 Å². The van der Waals surface area contributed by atoms with Crippen LogP contribution in [0.1, 0.15) is 47.4 Å². The fourth-order valence-corrected chi connectivity index (χ4v) is 5.64. The highest BCUT2D eigenvalue weighted by atomic mass is 32.2. The molecule has 1 heterocycles. The lowest BCUT2D eigenvalue weighted by atomic mass is 10.1. The normalized spacial score (nSPS) is 14.9. The zero-order chi connectivity index (χ0) is 21.5. The largest absolute Gasteiger partial charge is 0.322 e. The van der Waals surface area contributed by atoms with Gasteiger partial charge in [0.2, 0.25) is 0 Å². The van der Waals surface area contributed by atoms with Crippen LogP contribution in [0, 0.1) is 19.7 Å². The molecule has 0 bridgehead atoms. The van der Waals surface area contributed by atoms with Gasteiger partial charge in [0, 0.05) is 11.8 Å². The van der Waals surface area contributed by atoms with E-state index in [4.69, 9.17) is 0 Å². The Morgan fingerprint density at radius 1 is 1.03 bits per heavy atom. The van der Waals surface area contributed by atoms with Crippen molar-refractivity contribution in [2.24, 2.45) is 0 Å². The first-order valence-corrected chi connectivity index (χ1v) is 11.4. The van der Waals surface area contributed by atoms with Crippen LogP contribution in [0.5, 0.6) is 0 Å². The van der Waals surface area contributed by atoms with Crippen molar-refractivity contribution < 1.29 is 17.6 Å². The minimum Gasteiger partial charge on any atom is -0.322 e. The fraction of sp³-hybridized carbons (Fsp3) is 0.318. The van der Waals surface area contributed by atoms with Gasteiger partial charge in [0.15, 0.2) is 9.84 Å². The van der Waals surface area contributed by atoms with Gasteiger partial charge in [-0.15, -0.1) is 0 Å². The first-order chi connectivity index (χ1) is 14.3. The van der Waals surface area contributed by atoms with Crippen molar-refractivity contribution in [3.8, 4) is 0 Å². The number of aryl methyl sites for hydroxylation is 2. The Morgan fingerprint density at radius 3 is 2.33 bits per heavy atom. The van der Waals surface area contributed by atoms with Crippen molar-refractivity contribution >= 4 is 32.5 Å². The van der Waals surface area contributed by atoms with Gasteiger partial charge in [0.25, 0.3) is 5.91 Å². The summed E-state index contributed by atoms with van der Waals surface area (Å²) in [5.41, 5.74) is 2.43. The number of nitrogens with zero attached hydrogens (tertiary/aromatic N) is 2. The van der Waals surface area contributed by atoms with E-state index in [9.17, 15) is 17.6 Å². The molecule has 8 heteroatoms. The number of halogens is 1. The van der Waals surface area contributed by atoms with Gasteiger partial charge in [-0.2, -0.15) is 0 Å². The monoisotopic (exact) mass is 427 g/mol. The van der Waals surface area contributed by atoms with Gasteiger partial charge >= 0.3 is 0 Å². The van der Waals surface area contributed by atoms with Crippen molar-refractivity contribution in [1.29, 1.82) is 0 Å². The Balaban J connectivity index is 1.61. The van der Waals surface area contributed by atoms with E-state index in [-0.39, 0.29) is 15.7 Å². The number of carbonyl (C=O) groups excluding carboxylic acids is 1. The van der Waals surface area contributed by atoms with Gasteiger partial charge in [-0.3, -0.25) is 4.79 Å². The molecule has 0 aliphatic heterocycles. The molecule has 1 fully saturated rings. The molecule has 1 N–H and O–H groups in total. The van der Waals surface area contributed by atoms with Crippen LogP contribution in [0.15, 0.2) is 41.3 Å². The zero-order valence-electron chi connectivity index (χ0n) is 16.8. The average molecular weight is 428 g/mol. The van der Waals surface area contributed by atoms with Crippen LogP contribution in [0.2, 0.25) is 0 Å². The van der Waals surface area contributed by atoms with Crippen molar-refractivity contribution in [3.63, 3.8) is 0 Å². The molecule has 3 aromatic rings. The maximum absolute atomic E-state index is 14.0. The molecular formula is C22H22FN3O3S. The molecular weight excluding hydrogens is 405 g/mol. The van der Waals surface area contributed by atoms with Crippen LogP contribution in [0.3, 0.4) is 0 Å². The average Bonchev–Trinajstić information content (AvgIpc) is 3.25. The van der Waals surface area contributed by atoms with E-state index in [2.05, 4.69) is 15.3 Å². The highest BCUT2D eigenvalue weighted by Crippen LogP contribution is 2.30.